The van der Waals surface area contributed by atoms with E-state index in [9.17, 15) is 14.4 Å². The van der Waals surface area contributed by atoms with Crippen molar-refractivity contribution in [2.24, 2.45) is 5.92 Å². The van der Waals surface area contributed by atoms with Gasteiger partial charge in [0.05, 0.1) is 11.5 Å². The lowest BCUT2D eigenvalue weighted by molar-refractivity contribution is -0.124. The van der Waals surface area contributed by atoms with E-state index >= 15 is 0 Å². The minimum Gasteiger partial charge on any atom is -0.478 e. The zero-order chi connectivity index (χ0) is 14.0. The smallest absolute Gasteiger partial charge is 0.335 e. The average Bonchev–Trinajstić information content (AvgIpc) is 2.84. The Balaban J connectivity index is 2.10. The lowest BCUT2D eigenvalue weighted by Gasteiger charge is -2.20. The molecule has 0 aliphatic carbocycles. The molecular weight excluding hydrogens is 248 g/mol. The first-order chi connectivity index (χ1) is 8.99. The van der Waals surface area contributed by atoms with Crippen molar-refractivity contribution in [3.8, 4) is 0 Å². The number of benzene rings is 1. The van der Waals surface area contributed by atoms with Crippen molar-refractivity contribution in [1.82, 2.24) is 5.32 Å². The first-order valence-corrected chi connectivity index (χ1v) is 5.86. The molecule has 0 bridgehead atoms. The number of carbonyl (C=O) groups excluding carboxylic acids is 2. The highest BCUT2D eigenvalue weighted by Gasteiger charge is 2.30. The molecule has 1 atom stereocenters. The molecule has 1 heterocycles. The van der Waals surface area contributed by atoms with Crippen LogP contribution in [-0.2, 0) is 9.59 Å². The van der Waals surface area contributed by atoms with Crippen LogP contribution in [0.15, 0.2) is 24.3 Å². The third-order valence-corrected chi connectivity index (χ3v) is 3.16. The molecule has 1 unspecified atom stereocenters. The van der Waals surface area contributed by atoms with Crippen LogP contribution in [0.2, 0.25) is 0 Å². The molecule has 100 valence electrons. The van der Waals surface area contributed by atoms with Crippen LogP contribution in [-0.4, -0.2) is 36.5 Å². The number of nitrogens with zero attached hydrogens (tertiary/aromatic N) is 1. The second-order valence-electron chi connectivity index (χ2n) is 4.45. The number of anilines is 1. The van der Waals surface area contributed by atoms with Crippen molar-refractivity contribution in [3.63, 3.8) is 0 Å². The van der Waals surface area contributed by atoms with Gasteiger partial charge >= 0.3 is 5.97 Å². The summed E-state index contributed by atoms with van der Waals surface area (Å²) in [5.41, 5.74) is 0.775. The standard InChI is InChI=1S/C13H14N2O4/c1-15(12(17)9-6-11(16)14-7-9)10-4-2-8(3-5-10)13(18)19/h2-5,9H,6-7H2,1H3,(H,14,16)(H,18,19). The number of nitrogens with one attached hydrogen (secondary N) is 1. The van der Waals surface area contributed by atoms with Gasteiger partial charge in [0.25, 0.3) is 0 Å². The third kappa shape index (κ3) is 2.73. The predicted molar refractivity (Wildman–Crippen MR) is 67.9 cm³/mol. The Morgan fingerprint density at radius 2 is 1.95 bits per heavy atom. The van der Waals surface area contributed by atoms with Crippen LogP contribution in [0.25, 0.3) is 0 Å². The van der Waals surface area contributed by atoms with Gasteiger partial charge in [0.15, 0.2) is 0 Å². The fourth-order valence-electron chi connectivity index (χ4n) is 2.01. The maximum Gasteiger partial charge on any atom is 0.335 e. The lowest BCUT2D eigenvalue weighted by atomic mass is 10.1. The fourth-order valence-corrected chi connectivity index (χ4v) is 2.01. The molecule has 0 saturated carbocycles. The molecular formula is C13H14N2O4. The molecule has 1 aromatic carbocycles. The number of carbonyl (C=O) groups is 3. The second-order valence-corrected chi connectivity index (χ2v) is 4.45. The van der Waals surface area contributed by atoms with E-state index in [1.54, 1.807) is 19.2 Å². The number of rotatable bonds is 3. The van der Waals surface area contributed by atoms with Gasteiger partial charge in [0.1, 0.15) is 0 Å². The summed E-state index contributed by atoms with van der Waals surface area (Å²) in [4.78, 5) is 35.4. The first-order valence-electron chi connectivity index (χ1n) is 5.86. The normalized spacial score (nSPS) is 17.9. The maximum absolute atomic E-state index is 12.1. The molecule has 1 aliphatic rings. The minimum absolute atomic E-state index is 0.118. The van der Waals surface area contributed by atoms with E-state index in [0.29, 0.717) is 12.2 Å². The molecule has 0 radical (unpaired) electrons. The topological polar surface area (TPSA) is 86.7 Å². The molecule has 0 spiro atoms. The maximum atomic E-state index is 12.1. The molecule has 1 saturated heterocycles. The van der Waals surface area contributed by atoms with Gasteiger partial charge in [-0.15, -0.1) is 0 Å². The molecule has 19 heavy (non-hydrogen) atoms. The number of hydrogen-bond donors (Lipinski definition) is 2. The van der Waals surface area contributed by atoms with E-state index in [1.807, 2.05) is 0 Å². The molecule has 1 fully saturated rings. The van der Waals surface area contributed by atoms with E-state index in [1.165, 1.54) is 17.0 Å². The van der Waals surface area contributed by atoms with Crippen molar-refractivity contribution in [3.05, 3.63) is 29.8 Å². The summed E-state index contributed by atoms with van der Waals surface area (Å²) in [5.74, 6) is -1.63. The van der Waals surface area contributed by atoms with Gasteiger partial charge in [-0.05, 0) is 24.3 Å². The van der Waals surface area contributed by atoms with E-state index in [-0.39, 0.29) is 29.7 Å². The fraction of sp³-hybridized carbons (Fsp3) is 0.308. The van der Waals surface area contributed by atoms with E-state index in [4.69, 9.17) is 5.11 Å². The van der Waals surface area contributed by atoms with Crippen molar-refractivity contribution in [2.45, 2.75) is 6.42 Å². The molecule has 1 aromatic rings. The quantitative estimate of drug-likeness (QED) is 0.829. The van der Waals surface area contributed by atoms with Crippen molar-refractivity contribution in [2.75, 3.05) is 18.5 Å². The number of aromatic carboxylic acids is 1. The monoisotopic (exact) mass is 262 g/mol. The van der Waals surface area contributed by atoms with Gasteiger partial charge in [-0.1, -0.05) is 0 Å². The largest absolute Gasteiger partial charge is 0.478 e. The number of carboxylic acid groups (broad SMARTS) is 1. The molecule has 2 N–H and O–H groups in total. The average molecular weight is 262 g/mol. The number of amides is 2. The SMILES string of the molecule is CN(C(=O)C1CNC(=O)C1)c1ccc(C(=O)O)cc1. The summed E-state index contributed by atoms with van der Waals surface area (Å²) in [6.45, 7) is 0.356. The second kappa shape index (κ2) is 5.09. The molecule has 6 nitrogen and oxygen atoms in total. The van der Waals surface area contributed by atoms with Gasteiger partial charge in [0.2, 0.25) is 11.8 Å². The zero-order valence-corrected chi connectivity index (χ0v) is 10.4. The van der Waals surface area contributed by atoms with Crippen LogP contribution < -0.4 is 10.2 Å². The Morgan fingerprint density at radius 3 is 2.42 bits per heavy atom. The van der Waals surface area contributed by atoms with Crippen LogP contribution in [0.3, 0.4) is 0 Å². The highest BCUT2D eigenvalue weighted by atomic mass is 16.4. The summed E-state index contributed by atoms with van der Waals surface area (Å²) in [7, 11) is 1.61. The zero-order valence-electron chi connectivity index (χ0n) is 10.4. The number of hydrogen-bond acceptors (Lipinski definition) is 3. The van der Waals surface area contributed by atoms with Gasteiger partial charge in [-0.25, -0.2) is 4.79 Å². The molecule has 2 rings (SSSR count). The van der Waals surface area contributed by atoms with Crippen LogP contribution >= 0.6 is 0 Å². The van der Waals surface area contributed by atoms with Crippen molar-refractivity contribution >= 4 is 23.5 Å². The molecule has 6 heteroatoms. The Morgan fingerprint density at radius 1 is 1.32 bits per heavy atom. The summed E-state index contributed by atoms with van der Waals surface area (Å²) in [6, 6.07) is 6.04. The highest BCUT2D eigenvalue weighted by molar-refractivity contribution is 5.99. The summed E-state index contributed by atoms with van der Waals surface area (Å²) in [6.07, 6.45) is 0.205. The van der Waals surface area contributed by atoms with Crippen LogP contribution in [0.5, 0.6) is 0 Å². The lowest BCUT2D eigenvalue weighted by Crippen LogP contribution is -2.33. The Hall–Kier alpha value is -2.37. The molecule has 1 aliphatic heterocycles. The van der Waals surface area contributed by atoms with E-state index < -0.39 is 5.97 Å². The number of carboxylic acids is 1. The summed E-state index contributed by atoms with van der Waals surface area (Å²) >= 11 is 0. The van der Waals surface area contributed by atoms with Gasteiger partial charge < -0.3 is 15.3 Å². The van der Waals surface area contributed by atoms with Crippen molar-refractivity contribution in [1.29, 1.82) is 0 Å². The minimum atomic E-state index is -1.01. The molecule has 0 aromatic heterocycles. The first kappa shape index (κ1) is 13.1. The van der Waals surface area contributed by atoms with Gasteiger partial charge in [-0.2, -0.15) is 0 Å². The van der Waals surface area contributed by atoms with Crippen LogP contribution in [0.4, 0.5) is 5.69 Å². The van der Waals surface area contributed by atoms with E-state index in [0.717, 1.165) is 0 Å². The summed E-state index contributed by atoms with van der Waals surface area (Å²) < 4.78 is 0. The highest BCUT2D eigenvalue weighted by Crippen LogP contribution is 2.19. The Bertz CT molecular complexity index is 524. The molecule has 2 amide bonds. The Kier molecular flexibility index (Phi) is 3.50. The third-order valence-electron chi connectivity index (χ3n) is 3.16. The van der Waals surface area contributed by atoms with Crippen LogP contribution in [0, 0.1) is 5.92 Å². The van der Waals surface area contributed by atoms with Gasteiger partial charge in [-0.3, -0.25) is 9.59 Å². The van der Waals surface area contributed by atoms with E-state index in [2.05, 4.69) is 5.32 Å². The van der Waals surface area contributed by atoms with Gasteiger partial charge in [0, 0.05) is 25.7 Å². The summed E-state index contributed by atoms with van der Waals surface area (Å²) in [5, 5.41) is 11.4. The van der Waals surface area contributed by atoms with Crippen molar-refractivity contribution < 1.29 is 19.5 Å². The predicted octanol–water partition coefficient (Wildman–Crippen LogP) is 0.484. The Labute approximate surface area is 110 Å². The van der Waals surface area contributed by atoms with Crippen LogP contribution in [0.1, 0.15) is 16.8 Å².